The summed E-state index contributed by atoms with van der Waals surface area (Å²) in [6, 6.07) is 4.19. The Kier molecular flexibility index (Phi) is 2.52. The lowest BCUT2D eigenvalue weighted by atomic mass is 10.1. The molecule has 0 amide bonds. The van der Waals surface area contributed by atoms with Crippen LogP contribution in [0.5, 0.6) is 0 Å². The van der Waals surface area contributed by atoms with Crippen molar-refractivity contribution in [2.24, 2.45) is 5.41 Å². The Morgan fingerprint density at radius 2 is 2.16 bits per heavy atom. The molecule has 19 heavy (non-hydrogen) atoms. The molecule has 0 radical (unpaired) electrons. The van der Waals surface area contributed by atoms with Gasteiger partial charge in [0, 0.05) is 24.7 Å². The molecule has 4 rings (SSSR count). The Labute approximate surface area is 114 Å². The Balaban J connectivity index is 1.53. The highest BCUT2D eigenvalue weighted by molar-refractivity contribution is 5.72. The minimum atomic E-state index is 0.611. The Bertz CT molecular complexity index is 517. The van der Waals surface area contributed by atoms with Crippen LogP contribution in [0.15, 0.2) is 12.1 Å². The van der Waals surface area contributed by atoms with E-state index in [4.69, 9.17) is 0 Å². The number of hydrogen-bond acceptors (Lipinski definition) is 3. The standard InChI is InChI=1S/C16H20N2O/c19-10-14-7-12(8-15(17-14)13-1-2-13)9-18-6-5-16(11-18)3-4-16/h7-8,10,13H,1-6,9,11H2. The molecule has 0 atom stereocenters. The predicted molar refractivity (Wildman–Crippen MR) is 73.2 cm³/mol. The number of aromatic nitrogens is 1. The largest absolute Gasteiger partial charge is 0.299 e. The third kappa shape index (κ3) is 2.32. The van der Waals surface area contributed by atoms with Gasteiger partial charge < -0.3 is 0 Å². The van der Waals surface area contributed by atoms with Gasteiger partial charge in [-0.1, -0.05) is 0 Å². The van der Waals surface area contributed by atoms with E-state index < -0.39 is 0 Å². The van der Waals surface area contributed by atoms with Gasteiger partial charge in [-0.2, -0.15) is 0 Å². The summed E-state index contributed by atoms with van der Waals surface area (Å²) in [6.45, 7) is 3.47. The second-order valence-corrected chi connectivity index (χ2v) is 6.68. The molecule has 1 spiro atoms. The third-order valence-electron chi connectivity index (χ3n) is 4.92. The summed E-state index contributed by atoms with van der Waals surface area (Å²) < 4.78 is 0. The van der Waals surface area contributed by atoms with Crippen LogP contribution in [0.4, 0.5) is 0 Å². The fourth-order valence-corrected chi connectivity index (χ4v) is 3.38. The van der Waals surface area contributed by atoms with E-state index in [9.17, 15) is 4.79 Å². The molecule has 1 aromatic rings. The van der Waals surface area contributed by atoms with Gasteiger partial charge in [-0.25, -0.2) is 4.98 Å². The van der Waals surface area contributed by atoms with Crippen molar-refractivity contribution in [1.29, 1.82) is 0 Å². The number of hydrogen-bond donors (Lipinski definition) is 0. The SMILES string of the molecule is O=Cc1cc(CN2CCC3(CC3)C2)cc(C2CC2)n1. The molecule has 1 aliphatic heterocycles. The normalized spacial score (nSPS) is 24.8. The minimum Gasteiger partial charge on any atom is -0.299 e. The van der Waals surface area contributed by atoms with Gasteiger partial charge in [-0.05, 0) is 61.8 Å². The number of carbonyl (C=O) groups is 1. The average molecular weight is 256 g/mol. The number of pyridine rings is 1. The van der Waals surface area contributed by atoms with Crippen molar-refractivity contribution < 1.29 is 4.79 Å². The van der Waals surface area contributed by atoms with Crippen molar-refractivity contribution in [3.05, 3.63) is 29.1 Å². The quantitative estimate of drug-likeness (QED) is 0.777. The van der Waals surface area contributed by atoms with Gasteiger partial charge in [-0.3, -0.25) is 9.69 Å². The zero-order valence-corrected chi connectivity index (χ0v) is 11.3. The second kappa shape index (κ2) is 4.14. The summed E-state index contributed by atoms with van der Waals surface area (Å²) in [7, 11) is 0. The molecule has 1 aromatic heterocycles. The highest BCUT2D eigenvalue weighted by Gasteiger charge is 2.47. The molecule has 2 saturated carbocycles. The lowest BCUT2D eigenvalue weighted by molar-refractivity contribution is 0.111. The summed E-state index contributed by atoms with van der Waals surface area (Å²) >= 11 is 0. The van der Waals surface area contributed by atoms with Gasteiger partial charge in [0.25, 0.3) is 0 Å². The van der Waals surface area contributed by atoms with Crippen LogP contribution < -0.4 is 0 Å². The van der Waals surface area contributed by atoms with Crippen molar-refractivity contribution in [2.45, 2.75) is 44.6 Å². The molecule has 0 N–H and O–H groups in total. The molecule has 0 bridgehead atoms. The van der Waals surface area contributed by atoms with Gasteiger partial charge in [-0.15, -0.1) is 0 Å². The van der Waals surface area contributed by atoms with Crippen LogP contribution in [0, 0.1) is 5.41 Å². The molecule has 0 unspecified atom stereocenters. The van der Waals surface area contributed by atoms with Gasteiger partial charge in [0.1, 0.15) is 5.69 Å². The van der Waals surface area contributed by atoms with Crippen LogP contribution in [0.3, 0.4) is 0 Å². The smallest absolute Gasteiger partial charge is 0.168 e. The Morgan fingerprint density at radius 1 is 1.32 bits per heavy atom. The van der Waals surface area contributed by atoms with E-state index in [2.05, 4.69) is 16.0 Å². The molecule has 0 aromatic carbocycles. The molecule has 3 fully saturated rings. The van der Waals surface area contributed by atoms with Crippen LogP contribution in [0.1, 0.15) is 59.8 Å². The lowest BCUT2D eigenvalue weighted by Crippen LogP contribution is -2.20. The van der Waals surface area contributed by atoms with Crippen molar-refractivity contribution in [1.82, 2.24) is 9.88 Å². The summed E-state index contributed by atoms with van der Waals surface area (Å²) in [4.78, 5) is 18.0. The highest BCUT2D eigenvalue weighted by Crippen LogP contribution is 2.52. The van der Waals surface area contributed by atoms with E-state index in [1.165, 1.54) is 50.8 Å². The fraction of sp³-hybridized carbons (Fsp3) is 0.625. The zero-order chi connectivity index (χ0) is 12.9. The third-order valence-corrected chi connectivity index (χ3v) is 4.92. The number of likely N-dealkylation sites (tertiary alicyclic amines) is 1. The molecule has 3 heteroatoms. The lowest BCUT2D eigenvalue weighted by Gasteiger charge is -2.16. The predicted octanol–water partition coefficient (Wildman–Crippen LogP) is 2.76. The van der Waals surface area contributed by atoms with Crippen LogP contribution in [-0.4, -0.2) is 29.3 Å². The summed E-state index contributed by atoms with van der Waals surface area (Å²) in [5.41, 5.74) is 3.70. The first-order valence-corrected chi connectivity index (χ1v) is 7.45. The molecule has 100 valence electrons. The van der Waals surface area contributed by atoms with Gasteiger partial charge >= 0.3 is 0 Å². The maximum atomic E-state index is 11.0. The second-order valence-electron chi connectivity index (χ2n) is 6.68. The van der Waals surface area contributed by atoms with E-state index in [0.717, 1.165) is 18.5 Å². The van der Waals surface area contributed by atoms with E-state index in [1.807, 2.05) is 6.07 Å². The van der Waals surface area contributed by atoms with Gasteiger partial charge in [0.15, 0.2) is 6.29 Å². The number of carbonyl (C=O) groups excluding carboxylic acids is 1. The summed E-state index contributed by atoms with van der Waals surface area (Å²) in [5, 5.41) is 0. The Hall–Kier alpha value is -1.22. The van der Waals surface area contributed by atoms with Crippen LogP contribution in [0.25, 0.3) is 0 Å². The first-order chi connectivity index (χ1) is 9.26. The van der Waals surface area contributed by atoms with E-state index in [-0.39, 0.29) is 0 Å². The van der Waals surface area contributed by atoms with Gasteiger partial charge in [0.2, 0.25) is 0 Å². The van der Waals surface area contributed by atoms with Crippen LogP contribution in [0.2, 0.25) is 0 Å². The zero-order valence-electron chi connectivity index (χ0n) is 11.3. The fourth-order valence-electron chi connectivity index (χ4n) is 3.38. The van der Waals surface area contributed by atoms with Crippen molar-refractivity contribution in [3.63, 3.8) is 0 Å². The molecule has 3 nitrogen and oxygen atoms in total. The molecule has 2 aliphatic carbocycles. The molecular weight excluding hydrogens is 236 g/mol. The first kappa shape index (κ1) is 11.6. The first-order valence-electron chi connectivity index (χ1n) is 7.45. The number of aldehydes is 1. The van der Waals surface area contributed by atoms with E-state index in [0.29, 0.717) is 17.0 Å². The van der Waals surface area contributed by atoms with E-state index in [1.54, 1.807) is 0 Å². The number of nitrogens with zero attached hydrogens (tertiary/aromatic N) is 2. The summed E-state index contributed by atoms with van der Waals surface area (Å²) in [5.74, 6) is 0.618. The Morgan fingerprint density at radius 3 is 2.79 bits per heavy atom. The van der Waals surface area contributed by atoms with E-state index >= 15 is 0 Å². The molecule has 2 heterocycles. The maximum Gasteiger partial charge on any atom is 0.168 e. The van der Waals surface area contributed by atoms with Crippen LogP contribution >= 0.6 is 0 Å². The highest BCUT2D eigenvalue weighted by atomic mass is 16.1. The van der Waals surface area contributed by atoms with Gasteiger partial charge in [0.05, 0.1) is 0 Å². The molecular formula is C16H20N2O. The summed E-state index contributed by atoms with van der Waals surface area (Å²) in [6.07, 6.45) is 7.58. The minimum absolute atomic E-state index is 0.611. The van der Waals surface area contributed by atoms with Crippen molar-refractivity contribution in [2.75, 3.05) is 13.1 Å². The topological polar surface area (TPSA) is 33.2 Å². The molecule has 1 saturated heterocycles. The average Bonchev–Trinajstić information content (AvgIpc) is 3.30. The van der Waals surface area contributed by atoms with Crippen molar-refractivity contribution in [3.8, 4) is 0 Å². The van der Waals surface area contributed by atoms with Crippen molar-refractivity contribution >= 4 is 6.29 Å². The monoisotopic (exact) mass is 256 g/mol. The maximum absolute atomic E-state index is 11.0. The number of rotatable bonds is 4. The molecule has 3 aliphatic rings. The van der Waals surface area contributed by atoms with Crippen LogP contribution in [-0.2, 0) is 6.54 Å².